The van der Waals surface area contributed by atoms with E-state index in [1.807, 2.05) is 78.9 Å². The van der Waals surface area contributed by atoms with Crippen molar-refractivity contribution in [3.05, 3.63) is 516 Å². The molecule has 0 unspecified atom stereocenters. The van der Waals surface area contributed by atoms with Crippen molar-refractivity contribution in [1.29, 1.82) is 0 Å². The normalized spacial score (nSPS) is 11.6. The molecule has 13 heteroatoms. The average molecular weight is 1900 g/mol. The molecule has 694 valence electrons. The zero-order valence-corrected chi connectivity index (χ0v) is 80.4. The van der Waals surface area contributed by atoms with Gasteiger partial charge in [0, 0.05) is 95.2 Å². The third-order valence-corrected chi connectivity index (χ3v) is 28.8. The van der Waals surface area contributed by atoms with Crippen LogP contribution in [0.1, 0.15) is 0 Å². The van der Waals surface area contributed by atoms with Gasteiger partial charge in [-0.1, -0.05) is 394 Å². The summed E-state index contributed by atoms with van der Waals surface area (Å²) in [5, 5.41) is 14.9. The maximum atomic E-state index is 5.20. The second-order valence-electron chi connectivity index (χ2n) is 37.7. The Balaban J connectivity index is 0.000000111. The predicted octanol–water partition coefficient (Wildman–Crippen LogP) is 34.1. The molecule has 0 saturated carbocycles. The number of para-hydroxylation sites is 3. The summed E-state index contributed by atoms with van der Waals surface area (Å²) in [6.07, 6.45) is 6.31. The summed E-state index contributed by atoms with van der Waals surface area (Å²) in [7, 11) is 0. The van der Waals surface area contributed by atoms with E-state index in [4.69, 9.17) is 49.8 Å². The van der Waals surface area contributed by atoms with Crippen LogP contribution in [0.4, 0.5) is 0 Å². The topological polar surface area (TPSA) is 142 Å². The van der Waals surface area contributed by atoms with E-state index >= 15 is 0 Å². The van der Waals surface area contributed by atoms with Crippen LogP contribution < -0.4 is 0 Å². The maximum absolute atomic E-state index is 5.20. The highest BCUT2D eigenvalue weighted by molar-refractivity contribution is 6.28. The van der Waals surface area contributed by atoms with E-state index in [1.54, 1.807) is 0 Å². The summed E-state index contributed by atoms with van der Waals surface area (Å²) >= 11 is 0. The highest BCUT2D eigenvalue weighted by atomic mass is 15.0. The quantitative estimate of drug-likeness (QED) is 0.102. The van der Waals surface area contributed by atoms with Crippen LogP contribution in [0.2, 0.25) is 0 Å². The number of pyridine rings is 3. The number of fused-ring (bicyclic) bond motifs is 26. The first-order valence-electron chi connectivity index (χ1n) is 50.1. The Bertz CT molecular complexity index is 10400. The van der Waals surface area contributed by atoms with Gasteiger partial charge in [-0.2, -0.15) is 0 Å². The minimum Gasteiger partial charge on any atom is -0.299 e. The Morgan fingerprint density at radius 2 is 0.369 bits per heavy atom. The fraction of sp³-hybridized carbons (Fsp3) is 0. The molecule has 30 aromatic rings. The molecule has 21 aromatic carbocycles. The first-order valence-corrected chi connectivity index (χ1v) is 50.1. The molecule has 9 heterocycles. The number of benzene rings is 21. The summed E-state index contributed by atoms with van der Waals surface area (Å²) in [6, 6.07) is 174. The second kappa shape index (κ2) is 36.6. The molecular weight excluding hydrogens is 1820 g/mol. The SMILES string of the molecule is c1ccc(-c2ccc3c(c2)c2cc(-c4nc(-c5ccccc5)c5ccccc5n4)ccc2c2c3nc3ccccn32)cc1.c1ccc(-c2ccc3c(c2)c2cc(-c4nc5ccccc5nc4-c4ccccc4)ccc2c2c3nc3ccccn32)cc1.c1ccc(-c2cccc(-c3nc(-c4ccc(-c5ccc6c(c5)c5cc(-c7ccccc7)ccc5c5nc7ccccn7c65)cc4)nc(-c4cccc(-c5ccccc5)c4)n3)c2)cc1. The van der Waals surface area contributed by atoms with Gasteiger partial charge in [0.1, 0.15) is 16.9 Å². The standard InChI is InChI=1S/C58H37N5.2C39H24N4/c1-4-14-38(15-5-1)43-20-12-22-47(34-43)57-60-56(61-58(62-57)48-23-13-21-44(35-48)39-16-6-2-7-17-39)42-27-25-41(26-28-42)46-30-32-50-52(37-46)51-36-45(40-18-8-3-9-19-40)29-31-49(51)54-55(50)63-33-11-10-24-53(63)59-54;1-3-11-25(12-4-1)27-18-20-29-31(23-27)32-24-28(19-21-30(32)39-38(29)42-35-17-9-10-22-43(35)39)37-36(26-13-5-2-6-14-26)40-33-15-7-8-16-34(33)41-37;1-3-11-25(12-4-1)27-18-20-29-32(23-27)33-24-28(19-21-30(33)38-37(29)41-35-17-9-10-22-43(35)38)39-40-34-16-8-7-15-31(34)36(42-39)26-13-5-2-6-14-26/h1-37H;2*1-24H. The van der Waals surface area contributed by atoms with Crippen LogP contribution in [-0.4, -0.2) is 63.0 Å². The zero-order valence-electron chi connectivity index (χ0n) is 80.4. The summed E-state index contributed by atoms with van der Waals surface area (Å²) in [6.45, 7) is 0. The van der Waals surface area contributed by atoms with Gasteiger partial charge in [-0.25, -0.2) is 49.8 Å². The van der Waals surface area contributed by atoms with Crippen molar-refractivity contribution in [1.82, 2.24) is 63.0 Å². The van der Waals surface area contributed by atoms with Gasteiger partial charge in [0.05, 0.1) is 66.7 Å². The fourth-order valence-corrected chi connectivity index (χ4v) is 21.6. The maximum Gasteiger partial charge on any atom is 0.164 e. The van der Waals surface area contributed by atoms with Crippen molar-refractivity contribution in [3.63, 3.8) is 0 Å². The van der Waals surface area contributed by atoms with Crippen LogP contribution in [0.5, 0.6) is 0 Å². The summed E-state index contributed by atoms with van der Waals surface area (Å²) in [5.41, 5.74) is 35.3. The van der Waals surface area contributed by atoms with E-state index in [1.165, 1.54) is 54.9 Å². The first kappa shape index (κ1) is 86.6. The van der Waals surface area contributed by atoms with Gasteiger partial charge < -0.3 is 0 Å². The van der Waals surface area contributed by atoms with E-state index in [9.17, 15) is 0 Å². The average Bonchev–Trinajstić information content (AvgIpc) is 1.61. The highest BCUT2D eigenvalue weighted by Crippen LogP contribution is 2.47. The van der Waals surface area contributed by atoms with Gasteiger partial charge in [-0.15, -0.1) is 0 Å². The lowest BCUT2D eigenvalue weighted by Gasteiger charge is -2.14. The lowest BCUT2D eigenvalue weighted by Crippen LogP contribution is -2.00. The van der Waals surface area contributed by atoms with E-state index in [0.717, 1.165) is 204 Å². The van der Waals surface area contributed by atoms with Gasteiger partial charge in [0.15, 0.2) is 23.3 Å². The van der Waals surface area contributed by atoms with E-state index in [2.05, 4.69) is 450 Å². The lowest BCUT2D eigenvalue weighted by atomic mass is 9.93. The van der Waals surface area contributed by atoms with Crippen molar-refractivity contribution in [2.75, 3.05) is 0 Å². The molecule has 0 radical (unpaired) electrons. The third kappa shape index (κ3) is 15.7. The number of hydrogen-bond acceptors (Lipinski definition) is 10. The van der Waals surface area contributed by atoms with Gasteiger partial charge in [0.2, 0.25) is 0 Å². The molecule has 9 aromatic heterocycles. The third-order valence-electron chi connectivity index (χ3n) is 28.8. The monoisotopic (exact) mass is 1900 g/mol. The molecule has 0 aliphatic rings. The summed E-state index contributed by atoms with van der Waals surface area (Å²) in [4.78, 5) is 51.3. The molecule has 0 fully saturated rings. The molecule has 0 amide bonds. The number of hydrogen-bond donors (Lipinski definition) is 0. The number of aromatic nitrogens is 13. The van der Waals surface area contributed by atoms with Gasteiger partial charge in [0.25, 0.3) is 0 Å². The van der Waals surface area contributed by atoms with Crippen molar-refractivity contribution in [2.24, 2.45) is 0 Å². The summed E-state index contributed by atoms with van der Waals surface area (Å²) in [5.74, 6) is 2.57. The Morgan fingerprint density at radius 3 is 0.765 bits per heavy atom. The molecule has 0 atom stereocenters. The largest absolute Gasteiger partial charge is 0.299 e. The van der Waals surface area contributed by atoms with Crippen LogP contribution in [-0.2, 0) is 0 Å². The van der Waals surface area contributed by atoms with E-state index in [-0.39, 0.29) is 0 Å². The van der Waals surface area contributed by atoms with Gasteiger partial charge in [-0.3, -0.25) is 13.2 Å². The molecule has 0 aliphatic heterocycles. The molecular formula is C136H85N13. The number of nitrogens with zero attached hydrogens (tertiary/aromatic N) is 13. The Labute approximate surface area is 855 Å². The minimum absolute atomic E-state index is 0.615. The first-order chi connectivity index (χ1) is 73.8. The zero-order chi connectivity index (χ0) is 98.4. The lowest BCUT2D eigenvalue weighted by molar-refractivity contribution is 1.07. The van der Waals surface area contributed by atoms with Crippen LogP contribution in [0.15, 0.2) is 516 Å². The van der Waals surface area contributed by atoms with E-state index in [0.29, 0.717) is 23.3 Å². The second-order valence-corrected chi connectivity index (χ2v) is 37.7. The number of imidazole rings is 3. The van der Waals surface area contributed by atoms with Crippen LogP contribution in [0.25, 0.3) is 283 Å². The Hall–Kier alpha value is -20.3. The van der Waals surface area contributed by atoms with Crippen LogP contribution in [0, 0.1) is 0 Å². The van der Waals surface area contributed by atoms with Gasteiger partial charge >= 0.3 is 0 Å². The molecule has 13 nitrogen and oxygen atoms in total. The molecule has 30 rings (SSSR count). The van der Waals surface area contributed by atoms with E-state index < -0.39 is 0 Å². The van der Waals surface area contributed by atoms with Crippen molar-refractivity contribution >= 4 is 137 Å². The van der Waals surface area contributed by atoms with Crippen molar-refractivity contribution in [3.8, 4) is 146 Å². The highest BCUT2D eigenvalue weighted by Gasteiger charge is 2.25. The smallest absolute Gasteiger partial charge is 0.164 e. The van der Waals surface area contributed by atoms with Crippen molar-refractivity contribution in [2.45, 2.75) is 0 Å². The fourth-order valence-electron chi connectivity index (χ4n) is 21.6. The van der Waals surface area contributed by atoms with Crippen LogP contribution in [0.3, 0.4) is 0 Å². The molecule has 149 heavy (non-hydrogen) atoms. The van der Waals surface area contributed by atoms with Crippen LogP contribution >= 0.6 is 0 Å². The Kier molecular flexibility index (Phi) is 21.3. The predicted molar refractivity (Wildman–Crippen MR) is 613 cm³/mol. The number of rotatable bonds is 13. The summed E-state index contributed by atoms with van der Waals surface area (Å²) < 4.78 is 6.61. The molecule has 0 saturated heterocycles. The minimum atomic E-state index is 0.615. The molecule has 0 bridgehead atoms. The molecule has 0 N–H and O–H groups in total. The van der Waals surface area contributed by atoms with Gasteiger partial charge in [-0.05, 0) is 202 Å². The molecule has 0 aliphatic carbocycles. The molecule has 0 spiro atoms. The van der Waals surface area contributed by atoms with Crippen molar-refractivity contribution < 1.29 is 0 Å². The Morgan fingerprint density at radius 1 is 0.121 bits per heavy atom.